The van der Waals surface area contributed by atoms with Crippen LogP contribution < -0.4 is 14.4 Å². The van der Waals surface area contributed by atoms with Crippen molar-refractivity contribution in [2.75, 3.05) is 31.1 Å². The molecule has 1 spiro atoms. The minimum Gasteiger partial charge on any atom is -0.598 e. The quantitative estimate of drug-likeness (QED) is 0.564. The molecule has 11 heteroatoms. The molecule has 2 aliphatic heterocycles. The van der Waals surface area contributed by atoms with Crippen LogP contribution in [0.25, 0.3) is 0 Å². The molecule has 3 heterocycles. The molecule has 2 aliphatic rings. The smallest absolute Gasteiger partial charge is 0.407 e. The molecule has 0 saturated carbocycles. The molecule has 0 radical (unpaired) electrons. The van der Waals surface area contributed by atoms with E-state index in [4.69, 9.17) is 4.74 Å². The summed E-state index contributed by atoms with van der Waals surface area (Å²) < 4.78 is 35.6. The fraction of sp³-hybridized carbons (Fsp3) is 0.542. The summed E-state index contributed by atoms with van der Waals surface area (Å²) >= 11 is -1.35. The molecule has 2 saturated heterocycles. The van der Waals surface area contributed by atoms with Gasteiger partial charge in [-0.1, -0.05) is 0 Å². The van der Waals surface area contributed by atoms with Crippen LogP contribution in [0.5, 0.6) is 11.5 Å². The highest BCUT2D eigenvalue weighted by atomic mass is 32.2. The first-order chi connectivity index (χ1) is 16.5. The second kappa shape index (κ2) is 9.79. The van der Waals surface area contributed by atoms with E-state index >= 15 is 0 Å². The average Bonchev–Trinajstić information content (AvgIpc) is 3.41. The van der Waals surface area contributed by atoms with Crippen LogP contribution in [0.15, 0.2) is 30.7 Å². The number of benzene rings is 1. The molecule has 2 N–H and O–H groups in total. The standard InChI is InChI=1S/C24H32FN5O4S/c1-16(28-35(33)23(2,3)4)18-11-17(25)5-6-19(18)34-20-12-26-15-27-21(20)29-9-7-24(13-29)8-10-30(14-24)22(31)32/h5-6,11-12,15-16,28H,7-10,13-14H2,1-4H3,(H,31,32). The summed E-state index contributed by atoms with van der Waals surface area (Å²) in [4.78, 5) is 23.6. The third-order valence-electron chi connectivity index (χ3n) is 6.60. The summed E-state index contributed by atoms with van der Waals surface area (Å²) in [5.74, 6) is 1.03. The zero-order valence-corrected chi connectivity index (χ0v) is 21.3. The van der Waals surface area contributed by atoms with Gasteiger partial charge in [0.25, 0.3) is 0 Å². The van der Waals surface area contributed by atoms with Crippen molar-refractivity contribution >= 4 is 23.3 Å². The zero-order chi connectivity index (χ0) is 25.4. The van der Waals surface area contributed by atoms with Crippen LogP contribution >= 0.6 is 0 Å². The van der Waals surface area contributed by atoms with Crippen LogP contribution in [-0.2, 0) is 11.4 Å². The number of halogens is 1. The Bertz CT molecular complexity index is 1080. The van der Waals surface area contributed by atoms with Gasteiger partial charge in [0, 0.05) is 48.5 Å². The summed E-state index contributed by atoms with van der Waals surface area (Å²) in [6.45, 7) is 9.84. The molecule has 4 rings (SSSR count). The monoisotopic (exact) mass is 505 g/mol. The first-order valence-corrected chi connectivity index (χ1v) is 12.8. The molecule has 2 aromatic rings. The van der Waals surface area contributed by atoms with Gasteiger partial charge in [0.2, 0.25) is 0 Å². The molecule has 35 heavy (non-hydrogen) atoms. The molecule has 0 bridgehead atoms. The number of carboxylic acid groups (broad SMARTS) is 1. The molecule has 3 atom stereocenters. The Morgan fingerprint density at radius 3 is 2.71 bits per heavy atom. The summed E-state index contributed by atoms with van der Waals surface area (Å²) in [5, 5.41) is 9.36. The SMILES string of the molecule is CC(N[S+]([O-])C(C)(C)C)c1cc(F)ccc1Oc1cncnc1N1CCC2(CCN(C(=O)O)C2)C1. The van der Waals surface area contributed by atoms with Gasteiger partial charge < -0.3 is 24.2 Å². The number of anilines is 1. The number of aromatic nitrogens is 2. The number of hydrogen-bond acceptors (Lipinski definition) is 7. The van der Waals surface area contributed by atoms with Crippen molar-refractivity contribution in [1.82, 2.24) is 19.6 Å². The van der Waals surface area contributed by atoms with Gasteiger partial charge in [0.05, 0.1) is 12.2 Å². The third-order valence-corrected chi connectivity index (χ3v) is 8.28. The number of hydrogen-bond donors (Lipinski definition) is 2. The predicted molar refractivity (Wildman–Crippen MR) is 131 cm³/mol. The molecule has 190 valence electrons. The van der Waals surface area contributed by atoms with E-state index < -0.39 is 34.1 Å². The Kier molecular flexibility index (Phi) is 7.12. The largest absolute Gasteiger partial charge is 0.598 e. The highest BCUT2D eigenvalue weighted by Crippen LogP contribution is 2.43. The Hall–Kier alpha value is -2.63. The maximum Gasteiger partial charge on any atom is 0.407 e. The number of ether oxygens (including phenoxy) is 1. The van der Waals surface area contributed by atoms with Gasteiger partial charge in [-0.15, -0.1) is 4.72 Å². The zero-order valence-electron chi connectivity index (χ0n) is 20.5. The Labute approximate surface area is 208 Å². The van der Waals surface area contributed by atoms with Gasteiger partial charge in [-0.3, -0.25) is 0 Å². The molecule has 0 aliphatic carbocycles. The summed E-state index contributed by atoms with van der Waals surface area (Å²) in [5.41, 5.74) is 0.431. The van der Waals surface area contributed by atoms with E-state index in [-0.39, 0.29) is 5.41 Å². The first kappa shape index (κ1) is 25.5. The Balaban J connectivity index is 1.55. The first-order valence-electron chi connectivity index (χ1n) is 11.7. The fourth-order valence-corrected chi connectivity index (χ4v) is 5.44. The van der Waals surface area contributed by atoms with Crippen molar-refractivity contribution in [2.24, 2.45) is 5.41 Å². The van der Waals surface area contributed by atoms with Gasteiger partial charge in [0.15, 0.2) is 11.6 Å². The number of nitrogens with one attached hydrogen (secondary N) is 1. The lowest BCUT2D eigenvalue weighted by Gasteiger charge is -2.27. The minimum atomic E-state index is -1.35. The topological polar surface area (TPSA) is 114 Å². The second-order valence-corrected chi connectivity index (χ2v) is 12.3. The lowest BCUT2D eigenvalue weighted by atomic mass is 9.86. The Morgan fingerprint density at radius 2 is 2.03 bits per heavy atom. The van der Waals surface area contributed by atoms with Crippen molar-refractivity contribution in [2.45, 2.75) is 51.3 Å². The van der Waals surface area contributed by atoms with Gasteiger partial charge >= 0.3 is 6.09 Å². The third kappa shape index (κ3) is 5.62. The van der Waals surface area contributed by atoms with Crippen molar-refractivity contribution < 1.29 is 23.6 Å². The average molecular weight is 506 g/mol. The molecule has 9 nitrogen and oxygen atoms in total. The molecule has 3 unspecified atom stereocenters. The lowest BCUT2D eigenvalue weighted by Crippen LogP contribution is -2.40. The minimum absolute atomic E-state index is 0.100. The summed E-state index contributed by atoms with van der Waals surface area (Å²) in [6.07, 6.45) is 3.82. The maximum absolute atomic E-state index is 14.2. The van der Waals surface area contributed by atoms with Crippen LogP contribution in [0.1, 0.15) is 52.1 Å². The summed E-state index contributed by atoms with van der Waals surface area (Å²) in [6, 6.07) is 3.80. The second-order valence-electron chi connectivity index (χ2n) is 10.3. The van der Waals surface area contributed by atoms with Gasteiger partial charge in [-0.25, -0.2) is 19.2 Å². The van der Waals surface area contributed by atoms with E-state index in [9.17, 15) is 18.8 Å². The number of likely N-dealkylation sites (tertiary alicyclic amines) is 1. The number of rotatable bonds is 6. The van der Waals surface area contributed by atoms with E-state index in [1.54, 1.807) is 12.3 Å². The maximum atomic E-state index is 14.2. The highest BCUT2D eigenvalue weighted by Gasteiger charge is 2.45. The van der Waals surface area contributed by atoms with E-state index in [0.717, 1.165) is 19.4 Å². The van der Waals surface area contributed by atoms with Crippen molar-refractivity contribution in [1.29, 1.82) is 0 Å². The van der Waals surface area contributed by atoms with E-state index in [2.05, 4.69) is 19.6 Å². The van der Waals surface area contributed by atoms with Crippen LogP contribution in [0.2, 0.25) is 0 Å². The van der Waals surface area contributed by atoms with Crippen LogP contribution in [-0.4, -0.2) is 61.5 Å². The van der Waals surface area contributed by atoms with E-state index in [1.165, 1.54) is 23.4 Å². The molecule has 1 amide bonds. The number of amides is 1. The van der Waals surface area contributed by atoms with Crippen LogP contribution in [0.4, 0.5) is 15.0 Å². The molecule has 1 aromatic heterocycles. The fourth-order valence-electron chi connectivity index (χ4n) is 4.64. The number of nitrogens with zero attached hydrogens (tertiary/aromatic N) is 4. The van der Waals surface area contributed by atoms with Crippen molar-refractivity contribution in [3.8, 4) is 11.5 Å². The van der Waals surface area contributed by atoms with Crippen LogP contribution in [0, 0.1) is 11.2 Å². The van der Waals surface area contributed by atoms with Gasteiger partial charge in [-0.05, 0) is 58.7 Å². The van der Waals surface area contributed by atoms with Crippen molar-refractivity contribution in [3.05, 3.63) is 42.1 Å². The van der Waals surface area contributed by atoms with Crippen LogP contribution in [0.3, 0.4) is 0 Å². The highest BCUT2D eigenvalue weighted by molar-refractivity contribution is 7.90. The normalized spacial score (nSPS) is 22.0. The lowest BCUT2D eigenvalue weighted by molar-refractivity contribution is 0.150. The Morgan fingerprint density at radius 1 is 1.29 bits per heavy atom. The molecule has 2 fully saturated rings. The van der Waals surface area contributed by atoms with E-state index in [0.29, 0.717) is 42.5 Å². The number of carbonyl (C=O) groups is 1. The molecular weight excluding hydrogens is 473 g/mol. The molecule has 1 aromatic carbocycles. The van der Waals surface area contributed by atoms with Gasteiger partial charge in [-0.2, -0.15) is 0 Å². The summed E-state index contributed by atoms with van der Waals surface area (Å²) in [7, 11) is 0. The van der Waals surface area contributed by atoms with Crippen molar-refractivity contribution in [3.63, 3.8) is 0 Å². The van der Waals surface area contributed by atoms with E-state index in [1.807, 2.05) is 27.7 Å². The van der Waals surface area contributed by atoms with Gasteiger partial charge in [0.1, 0.15) is 22.6 Å². The molecular formula is C24H32FN5O4S. The predicted octanol–water partition coefficient (Wildman–Crippen LogP) is 4.10.